The minimum Gasteiger partial charge on any atom is -0.497 e. The van der Waals surface area contributed by atoms with Crippen LogP contribution in [0, 0.1) is 0 Å². The van der Waals surface area contributed by atoms with E-state index in [1.54, 1.807) is 7.11 Å². The van der Waals surface area contributed by atoms with E-state index < -0.39 is 0 Å². The highest BCUT2D eigenvalue weighted by Gasteiger charge is 2.18. The van der Waals surface area contributed by atoms with Crippen LogP contribution in [0.5, 0.6) is 11.5 Å². The van der Waals surface area contributed by atoms with E-state index in [1.807, 2.05) is 43.3 Å². The van der Waals surface area contributed by atoms with Gasteiger partial charge < -0.3 is 25.0 Å². The van der Waals surface area contributed by atoms with Crippen molar-refractivity contribution in [2.45, 2.75) is 13.0 Å². The first-order valence-electron chi connectivity index (χ1n) is 8.75. The quantitative estimate of drug-likeness (QED) is 0.619. The second-order valence-electron chi connectivity index (χ2n) is 6.20. The summed E-state index contributed by atoms with van der Waals surface area (Å²) in [6.45, 7) is 3.35. The number of methoxy groups -OCH3 is 1. The lowest BCUT2D eigenvalue weighted by Gasteiger charge is -2.23. The predicted octanol–water partition coefficient (Wildman–Crippen LogP) is 2.27. The van der Waals surface area contributed by atoms with Crippen LogP contribution < -0.4 is 25.0 Å². The zero-order valence-corrected chi connectivity index (χ0v) is 16.7. The number of ether oxygens (including phenoxy) is 2. The van der Waals surface area contributed by atoms with E-state index >= 15 is 0 Å². The lowest BCUT2D eigenvalue weighted by Crippen LogP contribution is -3.07. The van der Waals surface area contributed by atoms with Crippen molar-refractivity contribution in [1.29, 1.82) is 0 Å². The molecule has 0 unspecified atom stereocenters. The van der Waals surface area contributed by atoms with Crippen LogP contribution in [0.2, 0.25) is 0 Å². The molecule has 6 heteroatoms. The van der Waals surface area contributed by atoms with E-state index in [0.717, 1.165) is 23.7 Å². The van der Waals surface area contributed by atoms with Gasteiger partial charge in [-0.3, -0.25) is 0 Å². The van der Waals surface area contributed by atoms with Gasteiger partial charge in [-0.25, -0.2) is 0 Å². The van der Waals surface area contributed by atoms with E-state index in [1.165, 1.54) is 10.5 Å². The lowest BCUT2D eigenvalue weighted by atomic mass is 10.1. The molecule has 0 amide bonds. The van der Waals surface area contributed by atoms with Crippen LogP contribution in [0.4, 0.5) is 5.69 Å². The molecule has 0 saturated heterocycles. The average molecular weight is 375 g/mol. The maximum Gasteiger partial charge on any atom is 0.171 e. The molecule has 2 aromatic carbocycles. The highest BCUT2D eigenvalue weighted by atomic mass is 32.1. The fourth-order valence-corrected chi connectivity index (χ4v) is 2.89. The fraction of sp³-hybridized carbons (Fsp3) is 0.350. The number of hydrogen-bond donors (Lipinski definition) is 3. The number of likely N-dealkylation sites (N-methyl/N-ethyl adjacent to an activating group) is 1. The van der Waals surface area contributed by atoms with Crippen LogP contribution in [0.25, 0.3) is 0 Å². The summed E-state index contributed by atoms with van der Waals surface area (Å²) in [7, 11) is 5.95. The number of anilines is 1. The Morgan fingerprint density at radius 3 is 2.46 bits per heavy atom. The van der Waals surface area contributed by atoms with Crippen molar-refractivity contribution in [3.05, 3.63) is 54.1 Å². The monoisotopic (exact) mass is 374 g/mol. The lowest BCUT2D eigenvalue weighted by molar-refractivity contribution is -0.890. The molecule has 0 spiro atoms. The Bertz CT molecular complexity index is 704. The van der Waals surface area contributed by atoms with E-state index in [4.69, 9.17) is 21.7 Å². The Morgan fingerprint density at radius 1 is 1.12 bits per heavy atom. The molecular weight excluding hydrogens is 346 g/mol. The molecule has 0 saturated carbocycles. The number of quaternary nitrogens is 1. The summed E-state index contributed by atoms with van der Waals surface area (Å²) in [6.07, 6.45) is 0. The topological polar surface area (TPSA) is 47.0 Å². The van der Waals surface area contributed by atoms with Gasteiger partial charge in [0.05, 0.1) is 34.4 Å². The van der Waals surface area contributed by atoms with Crippen molar-refractivity contribution >= 4 is 23.0 Å². The van der Waals surface area contributed by atoms with Gasteiger partial charge in [0.2, 0.25) is 0 Å². The van der Waals surface area contributed by atoms with Gasteiger partial charge >= 0.3 is 0 Å². The third-order valence-corrected chi connectivity index (χ3v) is 4.33. The van der Waals surface area contributed by atoms with Crippen molar-refractivity contribution in [2.24, 2.45) is 0 Å². The number of rotatable bonds is 8. The van der Waals surface area contributed by atoms with Gasteiger partial charge in [0.25, 0.3) is 0 Å². The molecule has 2 aromatic rings. The first-order chi connectivity index (χ1) is 12.5. The normalized spacial score (nSPS) is 11.7. The molecule has 1 atom stereocenters. The summed E-state index contributed by atoms with van der Waals surface area (Å²) < 4.78 is 10.8. The van der Waals surface area contributed by atoms with E-state index in [-0.39, 0.29) is 6.04 Å². The van der Waals surface area contributed by atoms with Crippen LogP contribution >= 0.6 is 12.2 Å². The molecule has 0 radical (unpaired) electrons. The highest BCUT2D eigenvalue weighted by molar-refractivity contribution is 7.80. The molecule has 26 heavy (non-hydrogen) atoms. The fourth-order valence-electron chi connectivity index (χ4n) is 2.68. The predicted molar refractivity (Wildman–Crippen MR) is 110 cm³/mol. The Balaban J connectivity index is 1.94. The van der Waals surface area contributed by atoms with Gasteiger partial charge in [0, 0.05) is 11.3 Å². The first kappa shape index (κ1) is 20.0. The number of hydrogen-bond acceptors (Lipinski definition) is 3. The summed E-state index contributed by atoms with van der Waals surface area (Å²) in [6, 6.07) is 16.2. The number of benzene rings is 2. The molecule has 5 nitrogen and oxygen atoms in total. The van der Waals surface area contributed by atoms with Crippen LogP contribution in [0.15, 0.2) is 48.5 Å². The Hall–Kier alpha value is -2.31. The SMILES string of the molecule is CCOc1ccc(NC(=S)NC[C@@H](c2cccc(OC)c2)[NH+](C)C)cc1. The van der Waals surface area contributed by atoms with Crippen LogP contribution in [-0.2, 0) is 0 Å². The summed E-state index contributed by atoms with van der Waals surface area (Å²) >= 11 is 5.44. The van der Waals surface area contributed by atoms with Crippen molar-refractivity contribution in [3.8, 4) is 11.5 Å². The Labute approximate surface area is 161 Å². The Kier molecular flexibility index (Phi) is 7.69. The maximum absolute atomic E-state index is 5.45. The third kappa shape index (κ3) is 5.89. The summed E-state index contributed by atoms with van der Waals surface area (Å²) in [5.74, 6) is 1.72. The standard InChI is InChI=1S/C20H27N3O2S/c1-5-25-17-11-9-16(10-12-17)22-20(26)21-14-19(23(2)3)15-7-6-8-18(13-15)24-4/h6-13,19H,5,14H2,1-4H3,(H2,21,22,26)/p+1/t19-/m0/s1. The van der Waals surface area contributed by atoms with Gasteiger partial charge in [-0.1, -0.05) is 12.1 Å². The number of thiocarbonyl (C=S) groups is 1. The molecule has 0 aromatic heterocycles. The number of nitrogens with one attached hydrogen (secondary N) is 3. The van der Waals surface area contributed by atoms with Crippen molar-refractivity contribution in [1.82, 2.24) is 5.32 Å². The molecule has 0 aliphatic carbocycles. The molecule has 3 N–H and O–H groups in total. The van der Waals surface area contributed by atoms with E-state index in [2.05, 4.69) is 36.9 Å². The van der Waals surface area contributed by atoms with Gasteiger partial charge in [0.15, 0.2) is 5.11 Å². The van der Waals surface area contributed by atoms with Crippen molar-refractivity contribution in [2.75, 3.05) is 39.7 Å². The smallest absolute Gasteiger partial charge is 0.171 e. The van der Waals surface area contributed by atoms with Crippen LogP contribution in [0.3, 0.4) is 0 Å². The molecular formula is C20H28N3O2S+. The molecule has 140 valence electrons. The largest absolute Gasteiger partial charge is 0.497 e. The molecule has 0 aliphatic rings. The zero-order chi connectivity index (χ0) is 18.9. The second-order valence-corrected chi connectivity index (χ2v) is 6.61. The van der Waals surface area contributed by atoms with Gasteiger partial charge in [-0.15, -0.1) is 0 Å². The van der Waals surface area contributed by atoms with Crippen molar-refractivity contribution < 1.29 is 14.4 Å². The maximum atomic E-state index is 5.45. The zero-order valence-electron chi connectivity index (χ0n) is 15.8. The summed E-state index contributed by atoms with van der Waals surface area (Å²) in [4.78, 5) is 1.31. The summed E-state index contributed by atoms with van der Waals surface area (Å²) in [5.41, 5.74) is 2.14. The highest BCUT2D eigenvalue weighted by Crippen LogP contribution is 2.17. The minimum atomic E-state index is 0.255. The van der Waals surface area contributed by atoms with Crippen molar-refractivity contribution in [3.63, 3.8) is 0 Å². The van der Waals surface area contributed by atoms with E-state index in [9.17, 15) is 0 Å². The van der Waals surface area contributed by atoms with Crippen LogP contribution in [0.1, 0.15) is 18.5 Å². The molecule has 2 rings (SSSR count). The first-order valence-corrected chi connectivity index (χ1v) is 9.16. The second kappa shape index (κ2) is 9.99. The third-order valence-electron chi connectivity index (χ3n) is 4.08. The van der Waals surface area contributed by atoms with Crippen LogP contribution in [-0.4, -0.2) is 39.5 Å². The molecule has 0 aliphatic heterocycles. The van der Waals surface area contributed by atoms with Gasteiger partial charge in [0.1, 0.15) is 17.5 Å². The average Bonchev–Trinajstić information content (AvgIpc) is 2.63. The van der Waals surface area contributed by atoms with Gasteiger partial charge in [-0.2, -0.15) is 0 Å². The molecule has 0 fully saturated rings. The van der Waals surface area contributed by atoms with E-state index in [0.29, 0.717) is 11.7 Å². The minimum absolute atomic E-state index is 0.255. The van der Waals surface area contributed by atoms with Gasteiger partial charge in [-0.05, 0) is 55.5 Å². The molecule has 0 heterocycles. The summed E-state index contributed by atoms with van der Waals surface area (Å²) in [5, 5.41) is 7.13. The molecule has 0 bridgehead atoms. The Morgan fingerprint density at radius 2 is 1.85 bits per heavy atom.